The molecule has 1 aliphatic rings. The number of rotatable bonds is 4. The third kappa shape index (κ3) is 2.62. The van der Waals surface area contributed by atoms with Crippen molar-refractivity contribution in [2.75, 3.05) is 6.61 Å². The second-order valence-electron chi connectivity index (χ2n) is 5.18. The lowest BCUT2D eigenvalue weighted by molar-refractivity contribution is -0.151. The van der Waals surface area contributed by atoms with E-state index in [-0.39, 0.29) is 11.9 Å². The fourth-order valence-corrected chi connectivity index (χ4v) is 2.53. The van der Waals surface area contributed by atoms with Gasteiger partial charge in [0.25, 0.3) is 0 Å². The normalized spacial score (nSPS) is 15.2. The molecule has 0 radical (unpaired) electrons. The fourth-order valence-electron chi connectivity index (χ4n) is 2.53. The van der Waals surface area contributed by atoms with Gasteiger partial charge in [-0.25, -0.2) is 0 Å². The molecule has 98 valence electrons. The van der Waals surface area contributed by atoms with Crippen LogP contribution in [0.5, 0.6) is 0 Å². The van der Waals surface area contributed by atoms with Gasteiger partial charge in [-0.15, -0.1) is 0 Å². The highest BCUT2D eigenvalue weighted by atomic mass is 16.5. The van der Waals surface area contributed by atoms with Gasteiger partial charge >= 0.3 is 5.97 Å². The molecule has 0 bridgehead atoms. The Labute approximate surface area is 113 Å². The van der Waals surface area contributed by atoms with Gasteiger partial charge in [0.05, 0.1) is 12.5 Å². The first kappa shape index (κ1) is 12.2. The summed E-state index contributed by atoms with van der Waals surface area (Å²) in [5.74, 6) is 0.166. The van der Waals surface area contributed by atoms with Crippen molar-refractivity contribution in [3.63, 3.8) is 0 Å². The van der Waals surface area contributed by atoms with E-state index in [1.165, 1.54) is 22.8 Å². The van der Waals surface area contributed by atoms with Crippen LogP contribution in [0.25, 0.3) is 10.8 Å². The van der Waals surface area contributed by atoms with Crippen molar-refractivity contribution >= 4 is 16.7 Å². The second-order valence-corrected chi connectivity index (χ2v) is 5.18. The minimum Gasteiger partial charge on any atom is -0.465 e. The Morgan fingerprint density at radius 1 is 1.11 bits per heavy atom. The van der Waals surface area contributed by atoms with Gasteiger partial charge in [-0.05, 0) is 29.2 Å². The van der Waals surface area contributed by atoms with Crippen molar-refractivity contribution < 1.29 is 9.53 Å². The summed E-state index contributed by atoms with van der Waals surface area (Å²) in [6.07, 6.45) is 3.98. The van der Waals surface area contributed by atoms with Crippen molar-refractivity contribution in [1.29, 1.82) is 0 Å². The summed E-state index contributed by atoms with van der Waals surface area (Å²) in [4.78, 5) is 11.7. The Morgan fingerprint density at radius 3 is 2.68 bits per heavy atom. The van der Waals surface area contributed by atoms with Crippen molar-refractivity contribution in [1.82, 2.24) is 0 Å². The van der Waals surface area contributed by atoms with E-state index in [1.54, 1.807) is 0 Å². The molecule has 2 nitrogen and oxygen atoms in total. The minimum atomic E-state index is -0.00788. The minimum absolute atomic E-state index is 0.00788. The lowest BCUT2D eigenvalue weighted by atomic mass is 9.86. The zero-order chi connectivity index (χ0) is 13.1. The number of carbonyl (C=O) groups is 1. The molecule has 0 aromatic heterocycles. The average molecular weight is 254 g/mol. The van der Waals surface area contributed by atoms with E-state index in [4.69, 9.17) is 4.74 Å². The van der Waals surface area contributed by atoms with Gasteiger partial charge in [0, 0.05) is 6.42 Å². The van der Waals surface area contributed by atoms with E-state index in [9.17, 15) is 4.79 Å². The molecule has 0 atom stereocenters. The topological polar surface area (TPSA) is 26.3 Å². The highest BCUT2D eigenvalue weighted by Crippen LogP contribution is 2.27. The first-order valence-corrected chi connectivity index (χ1v) is 6.98. The van der Waals surface area contributed by atoms with E-state index in [0.717, 1.165) is 19.3 Å². The first-order chi connectivity index (χ1) is 9.34. The standard InChI is InChI=1S/C17H18O2/c18-17(15-8-4-9-15)19-12-11-14-7-3-6-13-5-1-2-10-16(13)14/h1-3,5-7,10,15H,4,8-9,11-12H2. The molecule has 3 rings (SSSR count). The number of hydrogen-bond acceptors (Lipinski definition) is 2. The molecular weight excluding hydrogens is 236 g/mol. The summed E-state index contributed by atoms with van der Waals surface area (Å²) >= 11 is 0. The van der Waals surface area contributed by atoms with Gasteiger partial charge in [-0.1, -0.05) is 48.9 Å². The van der Waals surface area contributed by atoms with Crippen molar-refractivity contribution in [2.45, 2.75) is 25.7 Å². The number of esters is 1. The molecule has 1 aliphatic carbocycles. The maximum atomic E-state index is 11.7. The van der Waals surface area contributed by atoms with Crippen LogP contribution in [-0.2, 0) is 16.0 Å². The average Bonchev–Trinajstić information content (AvgIpc) is 2.37. The maximum absolute atomic E-state index is 11.7. The molecule has 0 unspecified atom stereocenters. The number of carbonyl (C=O) groups excluding carboxylic acids is 1. The molecule has 2 aromatic carbocycles. The summed E-state index contributed by atoms with van der Waals surface area (Å²) < 4.78 is 5.36. The molecule has 0 heterocycles. The van der Waals surface area contributed by atoms with E-state index >= 15 is 0 Å². The van der Waals surface area contributed by atoms with Gasteiger partial charge in [-0.2, -0.15) is 0 Å². The van der Waals surface area contributed by atoms with Crippen LogP contribution in [0.4, 0.5) is 0 Å². The summed E-state index contributed by atoms with van der Waals surface area (Å²) in [5.41, 5.74) is 1.25. The van der Waals surface area contributed by atoms with Crippen LogP contribution in [0.3, 0.4) is 0 Å². The van der Waals surface area contributed by atoms with Crippen LogP contribution in [0, 0.1) is 5.92 Å². The van der Waals surface area contributed by atoms with E-state index in [1.807, 2.05) is 12.1 Å². The number of benzene rings is 2. The molecule has 2 heteroatoms. The fraction of sp³-hybridized carbons (Fsp3) is 0.353. The predicted octanol–water partition coefficient (Wildman–Crippen LogP) is 3.73. The third-order valence-corrected chi connectivity index (χ3v) is 3.93. The van der Waals surface area contributed by atoms with Gasteiger partial charge in [0.1, 0.15) is 0 Å². The molecule has 2 aromatic rings. The highest BCUT2D eigenvalue weighted by Gasteiger charge is 2.26. The van der Waals surface area contributed by atoms with Crippen LogP contribution < -0.4 is 0 Å². The Balaban J connectivity index is 1.63. The summed E-state index contributed by atoms with van der Waals surface area (Å²) in [6, 6.07) is 14.6. The van der Waals surface area contributed by atoms with Crippen LogP contribution in [0.15, 0.2) is 42.5 Å². The summed E-state index contributed by atoms with van der Waals surface area (Å²) in [5, 5.41) is 2.50. The lowest BCUT2D eigenvalue weighted by Gasteiger charge is -2.23. The molecular formula is C17H18O2. The first-order valence-electron chi connectivity index (χ1n) is 6.98. The Kier molecular flexibility index (Phi) is 3.49. The number of fused-ring (bicyclic) bond motifs is 1. The molecule has 19 heavy (non-hydrogen) atoms. The van der Waals surface area contributed by atoms with Gasteiger partial charge in [0.2, 0.25) is 0 Å². The number of ether oxygens (including phenoxy) is 1. The molecule has 0 aliphatic heterocycles. The van der Waals surface area contributed by atoms with E-state index in [0.29, 0.717) is 6.61 Å². The van der Waals surface area contributed by atoms with Crippen molar-refractivity contribution in [3.8, 4) is 0 Å². The highest BCUT2D eigenvalue weighted by molar-refractivity contribution is 5.85. The molecule has 0 spiro atoms. The molecule has 1 fully saturated rings. The largest absolute Gasteiger partial charge is 0.465 e. The van der Waals surface area contributed by atoms with Crippen LogP contribution in [-0.4, -0.2) is 12.6 Å². The molecule has 0 N–H and O–H groups in total. The van der Waals surface area contributed by atoms with Crippen molar-refractivity contribution in [2.24, 2.45) is 5.92 Å². The predicted molar refractivity (Wildman–Crippen MR) is 76.0 cm³/mol. The SMILES string of the molecule is O=C(OCCc1cccc2ccccc12)C1CCC1. The summed E-state index contributed by atoms with van der Waals surface area (Å²) in [6.45, 7) is 0.489. The van der Waals surface area contributed by atoms with Gasteiger partial charge in [0.15, 0.2) is 0 Å². The lowest BCUT2D eigenvalue weighted by Crippen LogP contribution is -2.24. The Morgan fingerprint density at radius 2 is 1.89 bits per heavy atom. The molecule has 1 saturated carbocycles. The Hall–Kier alpha value is -1.83. The van der Waals surface area contributed by atoms with Gasteiger partial charge < -0.3 is 4.74 Å². The van der Waals surface area contributed by atoms with Gasteiger partial charge in [-0.3, -0.25) is 4.79 Å². The smallest absolute Gasteiger partial charge is 0.308 e. The monoisotopic (exact) mass is 254 g/mol. The quantitative estimate of drug-likeness (QED) is 0.777. The molecule has 0 saturated heterocycles. The third-order valence-electron chi connectivity index (χ3n) is 3.93. The zero-order valence-corrected chi connectivity index (χ0v) is 11.0. The van der Waals surface area contributed by atoms with Crippen LogP contribution in [0.2, 0.25) is 0 Å². The zero-order valence-electron chi connectivity index (χ0n) is 11.0. The summed E-state index contributed by atoms with van der Waals surface area (Å²) in [7, 11) is 0. The Bertz CT molecular complexity index is 579. The maximum Gasteiger partial charge on any atom is 0.308 e. The molecule has 0 amide bonds. The van der Waals surface area contributed by atoms with Crippen molar-refractivity contribution in [3.05, 3.63) is 48.0 Å². The van der Waals surface area contributed by atoms with E-state index < -0.39 is 0 Å². The van der Waals surface area contributed by atoms with E-state index in [2.05, 4.69) is 30.3 Å². The second kappa shape index (κ2) is 5.43. The van der Waals surface area contributed by atoms with Crippen LogP contribution >= 0.6 is 0 Å². The number of hydrogen-bond donors (Lipinski definition) is 0. The van der Waals surface area contributed by atoms with Crippen LogP contribution in [0.1, 0.15) is 24.8 Å².